The SMILES string of the molecule is CCC1(CC)c2cc(Br)ccc2-c2ccc(-c3ccc4cc(OCCCBr)ccc4c3)cc21. The second-order valence-electron chi connectivity index (χ2n) is 8.85. The van der Waals surface area contributed by atoms with Crippen LogP contribution in [0.15, 0.2) is 77.3 Å². The summed E-state index contributed by atoms with van der Waals surface area (Å²) >= 11 is 7.16. The molecule has 0 radical (unpaired) electrons. The van der Waals surface area contributed by atoms with Gasteiger partial charge < -0.3 is 4.74 Å². The summed E-state index contributed by atoms with van der Waals surface area (Å²) in [5, 5.41) is 3.42. The molecule has 1 aliphatic carbocycles. The largest absolute Gasteiger partial charge is 0.494 e. The van der Waals surface area contributed by atoms with Crippen molar-refractivity contribution in [2.24, 2.45) is 0 Å². The fraction of sp³-hybridized carbons (Fsp3) is 0.267. The highest BCUT2D eigenvalue weighted by Crippen LogP contribution is 2.54. The lowest BCUT2D eigenvalue weighted by molar-refractivity contribution is 0.319. The first-order valence-corrected chi connectivity index (χ1v) is 13.7. The van der Waals surface area contributed by atoms with Gasteiger partial charge in [-0.05, 0) is 99.8 Å². The highest BCUT2D eigenvalue weighted by Gasteiger charge is 2.40. The Hall–Kier alpha value is -2.10. The first-order chi connectivity index (χ1) is 16.1. The maximum absolute atomic E-state index is 5.87. The van der Waals surface area contributed by atoms with Gasteiger partial charge in [0.05, 0.1) is 6.61 Å². The van der Waals surface area contributed by atoms with E-state index >= 15 is 0 Å². The van der Waals surface area contributed by atoms with Crippen LogP contribution in [0.5, 0.6) is 5.75 Å². The third-order valence-corrected chi connectivity index (χ3v) is 8.28. The average Bonchev–Trinajstić information content (AvgIpc) is 3.12. The Labute approximate surface area is 213 Å². The van der Waals surface area contributed by atoms with Crippen molar-refractivity contribution in [2.45, 2.75) is 38.5 Å². The van der Waals surface area contributed by atoms with Crippen molar-refractivity contribution in [1.82, 2.24) is 0 Å². The smallest absolute Gasteiger partial charge is 0.119 e. The highest BCUT2D eigenvalue weighted by atomic mass is 79.9. The van der Waals surface area contributed by atoms with Crippen LogP contribution in [-0.2, 0) is 5.41 Å². The molecule has 0 saturated heterocycles. The van der Waals surface area contributed by atoms with Gasteiger partial charge in [0.25, 0.3) is 0 Å². The summed E-state index contributed by atoms with van der Waals surface area (Å²) in [4.78, 5) is 0. The molecule has 4 aromatic rings. The molecule has 4 aromatic carbocycles. The third-order valence-electron chi connectivity index (χ3n) is 7.22. The van der Waals surface area contributed by atoms with Gasteiger partial charge in [-0.1, -0.05) is 82.1 Å². The van der Waals surface area contributed by atoms with E-state index in [-0.39, 0.29) is 5.41 Å². The van der Waals surface area contributed by atoms with E-state index in [1.54, 1.807) is 0 Å². The van der Waals surface area contributed by atoms with Crippen LogP contribution in [-0.4, -0.2) is 11.9 Å². The van der Waals surface area contributed by atoms with E-state index in [2.05, 4.69) is 119 Å². The van der Waals surface area contributed by atoms with E-state index in [1.165, 1.54) is 44.2 Å². The molecule has 33 heavy (non-hydrogen) atoms. The molecule has 0 unspecified atom stereocenters. The second kappa shape index (κ2) is 9.27. The zero-order valence-electron chi connectivity index (χ0n) is 19.1. The predicted molar refractivity (Wildman–Crippen MR) is 148 cm³/mol. The normalized spacial score (nSPS) is 13.7. The van der Waals surface area contributed by atoms with Gasteiger partial charge in [-0.15, -0.1) is 0 Å². The predicted octanol–water partition coefficient (Wildman–Crippen LogP) is 9.52. The molecule has 0 bridgehead atoms. The quantitative estimate of drug-likeness (QED) is 0.161. The standard InChI is InChI=1S/C30H28Br2O/c1-3-30(4-2)28-18-23(9-12-26(28)27-13-10-24(32)19-29(27)30)20-6-7-22-17-25(33-15-5-14-31)11-8-21(22)16-20/h6-13,16-19H,3-5,14-15H2,1-2H3. The summed E-state index contributed by atoms with van der Waals surface area (Å²) in [5.41, 5.74) is 8.31. The number of rotatable bonds is 7. The summed E-state index contributed by atoms with van der Waals surface area (Å²) < 4.78 is 7.03. The van der Waals surface area contributed by atoms with Crippen molar-refractivity contribution >= 4 is 42.6 Å². The molecule has 0 aliphatic heterocycles. The topological polar surface area (TPSA) is 9.23 Å². The van der Waals surface area contributed by atoms with E-state index < -0.39 is 0 Å². The molecule has 0 heterocycles. The lowest BCUT2D eigenvalue weighted by Crippen LogP contribution is -2.23. The van der Waals surface area contributed by atoms with Gasteiger partial charge in [-0.25, -0.2) is 0 Å². The number of hydrogen-bond acceptors (Lipinski definition) is 1. The number of ether oxygens (including phenoxy) is 1. The Morgan fingerprint density at radius 3 is 2.12 bits per heavy atom. The summed E-state index contributed by atoms with van der Waals surface area (Å²) in [6, 6.07) is 27.0. The molecule has 0 atom stereocenters. The average molecular weight is 564 g/mol. The third kappa shape index (κ3) is 3.94. The van der Waals surface area contributed by atoms with Crippen LogP contribution in [0.3, 0.4) is 0 Å². The zero-order chi connectivity index (χ0) is 23.0. The molecule has 3 heteroatoms. The van der Waals surface area contributed by atoms with Crippen molar-refractivity contribution in [3.8, 4) is 28.0 Å². The van der Waals surface area contributed by atoms with Gasteiger partial charge in [0.1, 0.15) is 5.75 Å². The minimum absolute atomic E-state index is 0.0721. The molecular formula is C30H28Br2O. The highest BCUT2D eigenvalue weighted by molar-refractivity contribution is 9.10. The molecule has 1 nitrogen and oxygen atoms in total. The summed E-state index contributed by atoms with van der Waals surface area (Å²) in [6.45, 7) is 5.38. The van der Waals surface area contributed by atoms with Crippen molar-refractivity contribution in [3.63, 3.8) is 0 Å². The maximum Gasteiger partial charge on any atom is 0.119 e. The Kier molecular flexibility index (Phi) is 6.37. The van der Waals surface area contributed by atoms with Gasteiger partial charge in [0.15, 0.2) is 0 Å². The van der Waals surface area contributed by atoms with E-state index in [9.17, 15) is 0 Å². The van der Waals surface area contributed by atoms with Crippen LogP contribution in [0.25, 0.3) is 33.0 Å². The van der Waals surface area contributed by atoms with Crippen molar-refractivity contribution in [1.29, 1.82) is 0 Å². The van der Waals surface area contributed by atoms with E-state index in [0.29, 0.717) is 0 Å². The van der Waals surface area contributed by atoms with Crippen LogP contribution in [0.2, 0.25) is 0 Å². The minimum atomic E-state index is 0.0721. The van der Waals surface area contributed by atoms with Crippen molar-refractivity contribution < 1.29 is 4.74 Å². The molecular weight excluding hydrogens is 536 g/mol. The number of alkyl halides is 1. The molecule has 0 amide bonds. The first kappa shape index (κ1) is 22.7. The molecule has 1 aliphatic rings. The summed E-state index contributed by atoms with van der Waals surface area (Å²) in [6.07, 6.45) is 3.20. The number of halogens is 2. The monoisotopic (exact) mass is 562 g/mol. The lowest BCUT2D eigenvalue weighted by atomic mass is 9.73. The van der Waals surface area contributed by atoms with Crippen molar-refractivity contribution in [2.75, 3.05) is 11.9 Å². The summed E-state index contributed by atoms with van der Waals surface area (Å²) in [7, 11) is 0. The lowest BCUT2D eigenvalue weighted by Gasteiger charge is -2.30. The van der Waals surface area contributed by atoms with E-state index in [4.69, 9.17) is 4.74 Å². The Morgan fingerprint density at radius 1 is 0.727 bits per heavy atom. The number of benzene rings is 4. The molecule has 0 N–H and O–H groups in total. The second-order valence-corrected chi connectivity index (χ2v) is 10.6. The zero-order valence-corrected chi connectivity index (χ0v) is 22.3. The molecule has 0 fully saturated rings. The van der Waals surface area contributed by atoms with E-state index in [1.807, 2.05) is 0 Å². The Morgan fingerprint density at radius 2 is 1.36 bits per heavy atom. The molecule has 168 valence electrons. The first-order valence-electron chi connectivity index (χ1n) is 11.8. The van der Waals surface area contributed by atoms with Gasteiger partial charge in [-0.2, -0.15) is 0 Å². The van der Waals surface area contributed by atoms with Gasteiger partial charge in [0, 0.05) is 15.2 Å². The molecule has 0 saturated carbocycles. The van der Waals surface area contributed by atoms with Gasteiger partial charge in [-0.3, -0.25) is 0 Å². The Bertz CT molecular complexity index is 1320. The van der Waals surface area contributed by atoms with Crippen LogP contribution >= 0.6 is 31.9 Å². The number of hydrogen-bond donors (Lipinski definition) is 0. The van der Waals surface area contributed by atoms with Crippen LogP contribution in [0.1, 0.15) is 44.2 Å². The molecule has 0 aromatic heterocycles. The van der Waals surface area contributed by atoms with Gasteiger partial charge in [0.2, 0.25) is 0 Å². The van der Waals surface area contributed by atoms with E-state index in [0.717, 1.165) is 41.4 Å². The van der Waals surface area contributed by atoms with Crippen LogP contribution in [0, 0.1) is 0 Å². The Balaban J connectivity index is 1.55. The van der Waals surface area contributed by atoms with Gasteiger partial charge >= 0.3 is 0 Å². The number of fused-ring (bicyclic) bond motifs is 4. The fourth-order valence-corrected chi connectivity index (χ4v) is 5.99. The van der Waals surface area contributed by atoms with Crippen LogP contribution in [0.4, 0.5) is 0 Å². The maximum atomic E-state index is 5.87. The molecule has 0 spiro atoms. The van der Waals surface area contributed by atoms with Crippen LogP contribution < -0.4 is 4.74 Å². The fourth-order valence-electron chi connectivity index (χ4n) is 5.40. The minimum Gasteiger partial charge on any atom is -0.494 e. The van der Waals surface area contributed by atoms with Crippen molar-refractivity contribution in [3.05, 3.63) is 88.4 Å². The molecule has 5 rings (SSSR count). The summed E-state index contributed by atoms with van der Waals surface area (Å²) in [5.74, 6) is 0.938.